The van der Waals surface area contributed by atoms with E-state index >= 15 is 0 Å². The fourth-order valence-corrected chi connectivity index (χ4v) is 5.94. The highest BCUT2D eigenvalue weighted by molar-refractivity contribution is 5.85. The van der Waals surface area contributed by atoms with Crippen LogP contribution in [0.4, 0.5) is 0 Å². The molecule has 1 N–H and O–H groups in total. The van der Waals surface area contributed by atoms with Gasteiger partial charge in [0.2, 0.25) is 17.3 Å². The number of benzene rings is 3. The molecule has 0 aliphatic heterocycles. The van der Waals surface area contributed by atoms with Crippen LogP contribution >= 0.6 is 0 Å². The van der Waals surface area contributed by atoms with Gasteiger partial charge in [0.15, 0.2) is 6.54 Å². The number of rotatable bonds is 4. The molecule has 0 saturated carbocycles. The quantitative estimate of drug-likeness (QED) is 0.425. The van der Waals surface area contributed by atoms with Crippen molar-refractivity contribution in [2.45, 2.75) is 39.2 Å². The zero-order chi connectivity index (χ0) is 23.1. The first kappa shape index (κ1) is 20.9. The third-order valence-electron chi connectivity index (χ3n) is 7.32. The molecule has 0 unspecified atom stereocenters. The maximum atomic E-state index is 11.7. The number of fused-ring (bicyclic) bond motifs is 6. The zero-order valence-electron chi connectivity index (χ0n) is 19.6. The first-order valence-corrected chi connectivity index (χ1v) is 12.3. The van der Waals surface area contributed by atoms with E-state index in [1.165, 1.54) is 55.9 Å². The zero-order valence-corrected chi connectivity index (χ0v) is 19.6. The lowest BCUT2D eigenvalue weighted by molar-refractivity contribution is -0.674. The summed E-state index contributed by atoms with van der Waals surface area (Å²) >= 11 is 0. The Balaban J connectivity index is 1.71. The Hall–Kier alpha value is -3.72. The monoisotopic (exact) mass is 445 g/mol. The van der Waals surface area contributed by atoms with Gasteiger partial charge in [0.05, 0.1) is 6.54 Å². The Morgan fingerprint density at radius 3 is 1.82 bits per heavy atom. The summed E-state index contributed by atoms with van der Waals surface area (Å²) in [6, 6.07) is 28.6. The Labute approximate surface area is 201 Å². The third kappa shape index (κ3) is 3.43. The second kappa shape index (κ2) is 8.57. The minimum absolute atomic E-state index is 0.0186. The van der Waals surface area contributed by atoms with E-state index in [1.807, 2.05) is 0 Å². The van der Waals surface area contributed by atoms with E-state index in [4.69, 9.17) is 0 Å². The summed E-state index contributed by atoms with van der Waals surface area (Å²) in [5.74, 6) is 0.0186. The van der Waals surface area contributed by atoms with Gasteiger partial charge in [0, 0.05) is 34.7 Å². The van der Waals surface area contributed by atoms with Crippen LogP contribution in [0.3, 0.4) is 0 Å². The molecule has 3 heteroatoms. The van der Waals surface area contributed by atoms with Gasteiger partial charge in [-0.2, -0.15) is 4.57 Å². The molecule has 2 aliphatic rings. The summed E-state index contributed by atoms with van der Waals surface area (Å²) in [5, 5.41) is 3.04. The second-order valence-corrected chi connectivity index (χ2v) is 9.34. The normalized spacial score (nSPS) is 13.3. The van der Waals surface area contributed by atoms with Crippen molar-refractivity contribution >= 4 is 5.91 Å². The number of hydrogen-bond acceptors (Lipinski definition) is 1. The molecule has 2 aliphatic carbocycles. The maximum Gasteiger partial charge on any atom is 0.217 e. The second-order valence-electron chi connectivity index (χ2n) is 9.34. The molecule has 0 radical (unpaired) electrons. The summed E-state index contributed by atoms with van der Waals surface area (Å²) in [7, 11) is 0. The highest BCUT2D eigenvalue weighted by Crippen LogP contribution is 2.44. The van der Waals surface area contributed by atoms with Crippen LogP contribution in [0.5, 0.6) is 0 Å². The maximum absolute atomic E-state index is 11.7. The first-order valence-electron chi connectivity index (χ1n) is 12.3. The minimum atomic E-state index is 0.0186. The lowest BCUT2D eigenvalue weighted by Gasteiger charge is -2.28. The van der Waals surface area contributed by atoms with E-state index in [2.05, 4.69) is 88.7 Å². The molecular formula is C31H29N2O+. The Bertz CT molecular complexity index is 1330. The van der Waals surface area contributed by atoms with E-state index in [-0.39, 0.29) is 5.91 Å². The van der Waals surface area contributed by atoms with E-state index in [0.717, 1.165) is 32.2 Å². The van der Waals surface area contributed by atoms with Crippen LogP contribution in [0.25, 0.3) is 33.6 Å². The van der Waals surface area contributed by atoms with E-state index in [9.17, 15) is 4.79 Å². The molecule has 1 amide bonds. The number of carbonyl (C=O) groups excluding carboxylic acids is 1. The van der Waals surface area contributed by atoms with Gasteiger partial charge in [-0.25, -0.2) is 0 Å². The first-order chi connectivity index (χ1) is 16.7. The number of carbonyl (C=O) groups is 1. The average molecular weight is 446 g/mol. The standard InChI is InChI=1S/C31H28N2O/c1-21(34)32-19-20-33-30-25-13-7-5-9-22(25)15-17-27(30)29(24-11-3-2-4-12-24)28-18-16-23-10-6-8-14-26(23)31(28)33/h2-14H,15-20H2,1H3/p+1. The van der Waals surface area contributed by atoms with Crippen molar-refractivity contribution in [3.05, 3.63) is 101 Å². The van der Waals surface area contributed by atoms with E-state index in [0.29, 0.717) is 6.54 Å². The molecule has 0 saturated heterocycles. The van der Waals surface area contributed by atoms with Crippen LogP contribution in [0.1, 0.15) is 29.2 Å². The number of nitrogens with one attached hydrogen (secondary N) is 1. The molecule has 3 aromatic carbocycles. The smallest absolute Gasteiger partial charge is 0.217 e. The summed E-state index contributed by atoms with van der Waals surface area (Å²) in [5.41, 5.74) is 13.7. The molecule has 1 heterocycles. The molecule has 0 atom stereocenters. The number of nitrogens with zero attached hydrogens (tertiary/aromatic N) is 1. The van der Waals surface area contributed by atoms with Crippen molar-refractivity contribution in [3.63, 3.8) is 0 Å². The summed E-state index contributed by atoms with van der Waals surface area (Å²) < 4.78 is 2.52. The largest absolute Gasteiger partial charge is 0.350 e. The van der Waals surface area contributed by atoms with Crippen LogP contribution < -0.4 is 9.88 Å². The van der Waals surface area contributed by atoms with E-state index in [1.54, 1.807) is 6.92 Å². The molecule has 34 heavy (non-hydrogen) atoms. The highest BCUT2D eigenvalue weighted by atomic mass is 16.1. The fourth-order valence-electron chi connectivity index (χ4n) is 5.94. The molecule has 1 aromatic heterocycles. The summed E-state index contributed by atoms with van der Waals surface area (Å²) in [4.78, 5) is 11.7. The van der Waals surface area contributed by atoms with Crippen molar-refractivity contribution in [2.75, 3.05) is 6.54 Å². The molecule has 0 fully saturated rings. The average Bonchev–Trinajstić information content (AvgIpc) is 2.88. The van der Waals surface area contributed by atoms with Crippen molar-refractivity contribution in [1.82, 2.24) is 5.32 Å². The lowest BCUT2D eigenvalue weighted by atomic mass is 9.77. The molecular weight excluding hydrogens is 416 g/mol. The highest BCUT2D eigenvalue weighted by Gasteiger charge is 2.37. The molecule has 168 valence electrons. The van der Waals surface area contributed by atoms with E-state index < -0.39 is 0 Å². The minimum Gasteiger partial charge on any atom is -0.350 e. The van der Waals surface area contributed by atoms with Gasteiger partial charge < -0.3 is 5.32 Å². The summed E-state index contributed by atoms with van der Waals surface area (Å²) in [6.07, 6.45) is 4.19. The Kier molecular flexibility index (Phi) is 5.26. The molecule has 0 spiro atoms. The third-order valence-corrected chi connectivity index (χ3v) is 7.32. The van der Waals surface area contributed by atoms with Crippen LogP contribution in [-0.4, -0.2) is 12.5 Å². The summed E-state index contributed by atoms with van der Waals surface area (Å²) in [6.45, 7) is 2.97. The Morgan fingerprint density at radius 2 is 1.26 bits per heavy atom. The number of pyridine rings is 1. The number of amides is 1. The fraction of sp³-hybridized carbons (Fsp3) is 0.226. The van der Waals surface area contributed by atoms with Gasteiger partial charge in [-0.05, 0) is 54.5 Å². The van der Waals surface area contributed by atoms with Crippen molar-refractivity contribution in [2.24, 2.45) is 0 Å². The van der Waals surface area contributed by atoms with Gasteiger partial charge in [-0.1, -0.05) is 66.7 Å². The Morgan fingerprint density at radius 1 is 0.735 bits per heavy atom. The predicted octanol–water partition coefficient (Wildman–Crippen LogP) is 5.31. The van der Waals surface area contributed by atoms with Crippen molar-refractivity contribution in [3.8, 4) is 33.6 Å². The van der Waals surface area contributed by atoms with Crippen LogP contribution in [0.2, 0.25) is 0 Å². The number of aromatic nitrogens is 1. The number of hydrogen-bond donors (Lipinski definition) is 1. The molecule has 0 bridgehead atoms. The van der Waals surface area contributed by atoms with Crippen LogP contribution in [0, 0.1) is 0 Å². The van der Waals surface area contributed by atoms with Gasteiger partial charge in [-0.3, -0.25) is 4.79 Å². The SMILES string of the molecule is CC(=O)NCC[n+]1c2c(c(-c3ccccc3)c3c1-c1ccccc1CC3)CCc1ccccc1-2. The lowest BCUT2D eigenvalue weighted by Crippen LogP contribution is -2.47. The molecule has 4 aromatic rings. The molecule has 3 nitrogen and oxygen atoms in total. The van der Waals surface area contributed by atoms with Crippen LogP contribution in [-0.2, 0) is 37.0 Å². The van der Waals surface area contributed by atoms with Crippen LogP contribution in [0.15, 0.2) is 78.9 Å². The molecule has 6 rings (SSSR count). The van der Waals surface area contributed by atoms with Crippen molar-refractivity contribution < 1.29 is 9.36 Å². The van der Waals surface area contributed by atoms with Gasteiger partial charge in [0.1, 0.15) is 0 Å². The van der Waals surface area contributed by atoms with Crippen molar-refractivity contribution in [1.29, 1.82) is 0 Å². The van der Waals surface area contributed by atoms with Gasteiger partial charge >= 0.3 is 0 Å². The predicted molar refractivity (Wildman–Crippen MR) is 136 cm³/mol. The topological polar surface area (TPSA) is 33.0 Å². The number of aryl methyl sites for hydroxylation is 2. The van der Waals surface area contributed by atoms with Gasteiger partial charge in [0.25, 0.3) is 0 Å². The van der Waals surface area contributed by atoms with Gasteiger partial charge in [-0.15, -0.1) is 0 Å².